The molecule has 0 aliphatic heterocycles. The molecule has 0 saturated heterocycles. The number of halogens is 1. The lowest BCUT2D eigenvalue weighted by molar-refractivity contribution is 0.0697. The minimum Gasteiger partial charge on any atom is -0.478 e. The first-order valence-electron chi connectivity index (χ1n) is 5.38. The molecule has 0 unspecified atom stereocenters. The summed E-state index contributed by atoms with van der Waals surface area (Å²) in [6.07, 6.45) is 1.67. The zero-order valence-electron chi connectivity index (χ0n) is 9.50. The van der Waals surface area contributed by atoms with Crippen LogP contribution < -0.4 is 0 Å². The van der Waals surface area contributed by atoms with Crippen LogP contribution in [-0.4, -0.2) is 21.0 Å². The zero-order chi connectivity index (χ0) is 13.4. The van der Waals surface area contributed by atoms with Crippen LogP contribution in [0.25, 0.3) is 21.3 Å². The van der Waals surface area contributed by atoms with Gasteiger partial charge >= 0.3 is 5.97 Å². The molecule has 1 N–H and O–H groups in total. The third-order valence-corrected chi connectivity index (χ3v) is 3.79. The number of carboxylic acid groups (broad SMARTS) is 1. The van der Waals surface area contributed by atoms with Gasteiger partial charge in [-0.2, -0.15) is 0 Å². The van der Waals surface area contributed by atoms with E-state index < -0.39 is 5.97 Å². The van der Waals surface area contributed by atoms with Crippen molar-refractivity contribution in [3.05, 3.63) is 46.7 Å². The molecule has 0 saturated carbocycles. The fourth-order valence-electron chi connectivity index (χ4n) is 1.83. The number of thiophene rings is 1. The summed E-state index contributed by atoms with van der Waals surface area (Å²) in [5, 5.41) is 11.1. The van der Waals surface area contributed by atoms with Gasteiger partial charge in [-0.25, -0.2) is 14.8 Å². The second-order valence-electron chi connectivity index (χ2n) is 3.89. The molecule has 0 bridgehead atoms. The molecule has 19 heavy (non-hydrogen) atoms. The van der Waals surface area contributed by atoms with Crippen molar-refractivity contribution in [3.8, 4) is 11.1 Å². The lowest BCUT2D eigenvalue weighted by atomic mass is 10.1. The van der Waals surface area contributed by atoms with Crippen LogP contribution in [0.3, 0.4) is 0 Å². The molecule has 1 aromatic carbocycles. The number of hydrogen-bond donors (Lipinski definition) is 1. The van der Waals surface area contributed by atoms with Gasteiger partial charge in [-0.3, -0.25) is 0 Å². The number of rotatable bonds is 2. The fourth-order valence-corrected chi connectivity index (χ4v) is 2.84. The Kier molecular flexibility index (Phi) is 2.93. The van der Waals surface area contributed by atoms with E-state index in [9.17, 15) is 4.79 Å². The van der Waals surface area contributed by atoms with E-state index in [-0.39, 0.29) is 10.8 Å². The van der Waals surface area contributed by atoms with Crippen LogP contribution in [0.1, 0.15) is 10.4 Å². The van der Waals surface area contributed by atoms with Gasteiger partial charge in [0.15, 0.2) is 0 Å². The van der Waals surface area contributed by atoms with Gasteiger partial charge in [0.1, 0.15) is 0 Å². The Hall–Kier alpha value is -1.98. The Morgan fingerprint density at radius 3 is 3.00 bits per heavy atom. The monoisotopic (exact) mass is 290 g/mol. The lowest BCUT2D eigenvalue weighted by Gasteiger charge is -2.01. The summed E-state index contributed by atoms with van der Waals surface area (Å²) in [7, 11) is 0. The topological polar surface area (TPSA) is 63.1 Å². The Balaban J connectivity index is 2.21. The maximum atomic E-state index is 11.0. The van der Waals surface area contributed by atoms with Crippen LogP contribution in [0, 0.1) is 0 Å². The summed E-state index contributed by atoms with van der Waals surface area (Å²) in [5.41, 5.74) is 2.66. The van der Waals surface area contributed by atoms with Gasteiger partial charge in [-0.05, 0) is 29.3 Å². The molecule has 3 rings (SSSR count). The van der Waals surface area contributed by atoms with E-state index in [1.807, 2.05) is 11.4 Å². The number of hydrogen-bond acceptors (Lipinski definition) is 4. The van der Waals surface area contributed by atoms with Gasteiger partial charge < -0.3 is 5.11 Å². The first-order valence-corrected chi connectivity index (χ1v) is 6.64. The number of aromatic carboxylic acids is 1. The Morgan fingerprint density at radius 2 is 2.21 bits per heavy atom. The second-order valence-corrected chi connectivity index (χ2v) is 5.14. The predicted molar refractivity (Wildman–Crippen MR) is 74.8 cm³/mol. The summed E-state index contributed by atoms with van der Waals surface area (Å²) in [6, 6.07) is 6.75. The second kappa shape index (κ2) is 4.60. The average molecular weight is 291 g/mol. The van der Waals surface area contributed by atoms with E-state index in [0.717, 1.165) is 21.3 Å². The third-order valence-electron chi connectivity index (χ3n) is 2.71. The zero-order valence-corrected chi connectivity index (χ0v) is 11.1. The van der Waals surface area contributed by atoms with Crippen LogP contribution >= 0.6 is 22.9 Å². The molecule has 94 valence electrons. The number of carboxylic acids is 1. The molecular formula is C13H7ClN2O2S. The largest absolute Gasteiger partial charge is 0.478 e. The maximum Gasteiger partial charge on any atom is 0.335 e. The summed E-state index contributed by atoms with van der Waals surface area (Å²) >= 11 is 7.31. The molecule has 0 fully saturated rings. The van der Waals surface area contributed by atoms with Crippen LogP contribution in [0.4, 0.5) is 0 Å². The molecular weight excluding hydrogens is 284 g/mol. The van der Waals surface area contributed by atoms with Crippen molar-refractivity contribution >= 4 is 39.1 Å². The van der Waals surface area contributed by atoms with E-state index in [2.05, 4.69) is 9.97 Å². The molecule has 0 amide bonds. The van der Waals surface area contributed by atoms with E-state index in [1.165, 1.54) is 11.3 Å². The molecule has 0 aliphatic carbocycles. The van der Waals surface area contributed by atoms with Crippen LogP contribution in [0.15, 0.2) is 35.8 Å². The summed E-state index contributed by atoms with van der Waals surface area (Å²) in [6.45, 7) is 0. The minimum atomic E-state index is -0.950. The number of aromatic nitrogens is 2. The highest BCUT2D eigenvalue weighted by Gasteiger charge is 2.11. The van der Waals surface area contributed by atoms with Gasteiger partial charge in [0.05, 0.1) is 15.8 Å². The standard InChI is InChI=1S/C13H7ClN2O2S/c14-13-15-5-10-11(16-13)9(6-19-10)7-2-1-3-8(4-7)12(17)18/h1-6H,(H,17,18). The Morgan fingerprint density at radius 1 is 1.37 bits per heavy atom. The highest BCUT2D eigenvalue weighted by Crippen LogP contribution is 2.33. The first kappa shape index (κ1) is 12.1. The van der Waals surface area contributed by atoms with E-state index in [1.54, 1.807) is 24.4 Å². The number of fused-ring (bicyclic) bond motifs is 1. The van der Waals surface area contributed by atoms with Crippen molar-refractivity contribution in [1.29, 1.82) is 0 Å². The van der Waals surface area contributed by atoms with Gasteiger partial charge in [0, 0.05) is 17.1 Å². The smallest absolute Gasteiger partial charge is 0.335 e. The van der Waals surface area contributed by atoms with Gasteiger partial charge in [0.25, 0.3) is 0 Å². The molecule has 6 heteroatoms. The lowest BCUT2D eigenvalue weighted by Crippen LogP contribution is -1.95. The van der Waals surface area contributed by atoms with Crippen molar-refractivity contribution in [2.24, 2.45) is 0 Å². The number of carbonyl (C=O) groups is 1. The van der Waals surface area contributed by atoms with Crippen molar-refractivity contribution < 1.29 is 9.90 Å². The van der Waals surface area contributed by atoms with Crippen molar-refractivity contribution in [3.63, 3.8) is 0 Å². The molecule has 2 aromatic heterocycles. The Labute approximate surface area is 117 Å². The molecule has 2 heterocycles. The molecule has 0 aliphatic rings. The van der Waals surface area contributed by atoms with Crippen molar-refractivity contribution in [1.82, 2.24) is 9.97 Å². The third kappa shape index (κ3) is 2.18. The quantitative estimate of drug-likeness (QED) is 0.731. The van der Waals surface area contributed by atoms with E-state index in [4.69, 9.17) is 16.7 Å². The molecule has 0 radical (unpaired) electrons. The molecule has 0 spiro atoms. The van der Waals surface area contributed by atoms with Crippen LogP contribution in [-0.2, 0) is 0 Å². The fraction of sp³-hybridized carbons (Fsp3) is 0. The Bertz CT molecular complexity index is 785. The van der Waals surface area contributed by atoms with Crippen LogP contribution in [0.2, 0.25) is 5.28 Å². The summed E-state index contributed by atoms with van der Waals surface area (Å²) in [5.74, 6) is -0.950. The SMILES string of the molecule is O=C(O)c1cccc(-c2csc3cnc(Cl)nc23)c1. The first-order chi connectivity index (χ1) is 9.15. The van der Waals surface area contributed by atoms with Crippen LogP contribution in [0.5, 0.6) is 0 Å². The number of nitrogens with zero attached hydrogens (tertiary/aromatic N) is 2. The van der Waals surface area contributed by atoms with Crippen molar-refractivity contribution in [2.45, 2.75) is 0 Å². The predicted octanol–water partition coefficient (Wildman–Crippen LogP) is 3.71. The van der Waals surface area contributed by atoms with Gasteiger partial charge in [-0.15, -0.1) is 11.3 Å². The maximum absolute atomic E-state index is 11.0. The van der Waals surface area contributed by atoms with Crippen molar-refractivity contribution in [2.75, 3.05) is 0 Å². The minimum absolute atomic E-state index is 0.182. The summed E-state index contributed by atoms with van der Waals surface area (Å²) in [4.78, 5) is 19.1. The molecule has 0 atom stereocenters. The number of benzene rings is 1. The molecule has 4 nitrogen and oxygen atoms in total. The van der Waals surface area contributed by atoms with Gasteiger partial charge in [0.2, 0.25) is 5.28 Å². The molecule has 3 aromatic rings. The highest BCUT2D eigenvalue weighted by molar-refractivity contribution is 7.17. The highest BCUT2D eigenvalue weighted by atomic mass is 35.5. The van der Waals surface area contributed by atoms with E-state index >= 15 is 0 Å². The summed E-state index contributed by atoms with van der Waals surface area (Å²) < 4.78 is 0.917. The van der Waals surface area contributed by atoms with E-state index in [0.29, 0.717) is 0 Å². The average Bonchev–Trinajstić information content (AvgIpc) is 2.81. The normalized spacial score (nSPS) is 10.8. The van der Waals surface area contributed by atoms with Gasteiger partial charge in [-0.1, -0.05) is 12.1 Å².